The van der Waals surface area contributed by atoms with E-state index in [4.69, 9.17) is 4.74 Å². The number of amides is 1. The van der Waals surface area contributed by atoms with E-state index in [1.807, 2.05) is 60.0 Å². The van der Waals surface area contributed by atoms with Crippen LogP contribution in [0.4, 0.5) is 0 Å². The minimum Gasteiger partial charge on any atom is -0.497 e. The molecule has 2 heterocycles. The van der Waals surface area contributed by atoms with Crippen LogP contribution in [0.25, 0.3) is 21.8 Å². The Morgan fingerprint density at radius 2 is 1.97 bits per heavy atom. The van der Waals surface area contributed by atoms with Gasteiger partial charge in [-0.25, -0.2) is 4.68 Å². The molecule has 1 atom stereocenters. The topological polar surface area (TPSA) is 78.2 Å². The van der Waals surface area contributed by atoms with Gasteiger partial charge in [-0.3, -0.25) is 9.59 Å². The number of carbonyl (C=O) groups is 1. The summed E-state index contributed by atoms with van der Waals surface area (Å²) in [5.41, 5.74) is 2.19. The molecule has 1 amide bonds. The van der Waals surface area contributed by atoms with Gasteiger partial charge in [0.1, 0.15) is 17.3 Å². The second kappa shape index (κ2) is 8.02. The number of rotatable bonds is 6. The van der Waals surface area contributed by atoms with Crippen LogP contribution in [-0.2, 0) is 18.3 Å². The monoisotopic (exact) mass is 404 g/mol. The number of hydrogen-bond donors (Lipinski definition) is 1. The number of fused-ring (bicyclic) bond motifs is 3. The number of nitrogens with zero attached hydrogens (tertiary/aromatic N) is 3. The van der Waals surface area contributed by atoms with Gasteiger partial charge in [-0.05, 0) is 37.1 Å². The highest BCUT2D eigenvalue weighted by Gasteiger charge is 2.22. The zero-order valence-electron chi connectivity index (χ0n) is 17.3. The lowest BCUT2D eigenvalue weighted by Crippen LogP contribution is -2.33. The van der Waals surface area contributed by atoms with Crippen LogP contribution in [0.3, 0.4) is 0 Å². The van der Waals surface area contributed by atoms with Crippen LogP contribution in [-0.4, -0.2) is 33.9 Å². The van der Waals surface area contributed by atoms with Crippen LogP contribution in [0.2, 0.25) is 0 Å². The number of aryl methyl sites for hydroxylation is 1. The summed E-state index contributed by atoms with van der Waals surface area (Å²) >= 11 is 0. The lowest BCUT2D eigenvalue weighted by atomic mass is 10.1. The smallest absolute Gasteiger partial charge is 0.291 e. The lowest BCUT2D eigenvalue weighted by molar-refractivity contribution is -0.123. The normalized spacial score (nSPS) is 12.2. The second-order valence-corrected chi connectivity index (χ2v) is 7.29. The molecule has 1 N–H and O–H groups in total. The van der Waals surface area contributed by atoms with Gasteiger partial charge in [-0.15, -0.1) is 0 Å². The van der Waals surface area contributed by atoms with Gasteiger partial charge in [0.05, 0.1) is 18.8 Å². The number of nitrogens with one attached hydrogen (secondary N) is 1. The zero-order valence-corrected chi connectivity index (χ0v) is 17.3. The van der Waals surface area contributed by atoms with Crippen LogP contribution in [0.1, 0.15) is 18.5 Å². The van der Waals surface area contributed by atoms with Gasteiger partial charge in [0.15, 0.2) is 0 Å². The highest BCUT2D eigenvalue weighted by atomic mass is 16.5. The first-order valence-electron chi connectivity index (χ1n) is 9.87. The van der Waals surface area contributed by atoms with E-state index in [0.717, 1.165) is 27.6 Å². The Morgan fingerprint density at radius 3 is 2.77 bits per heavy atom. The number of aromatic nitrogens is 3. The van der Waals surface area contributed by atoms with Crippen molar-refractivity contribution in [2.45, 2.75) is 19.4 Å². The number of ether oxygens (including phenoxy) is 1. The van der Waals surface area contributed by atoms with Crippen LogP contribution in [0.15, 0.2) is 59.5 Å². The van der Waals surface area contributed by atoms with E-state index in [9.17, 15) is 9.59 Å². The fraction of sp³-hybridized carbons (Fsp3) is 0.261. The average molecular weight is 404 g/mol. The molecule has 0 bridgehead atoms. The van der Waals surface area contributed by atoms with Gasteiger partial charge in [0, 0.05) is 24.4 Å². The molecule has 0 aliphatic carbocycles. The molecule has 2 aromatic carbocycles. The maximum atomic E-state index is 13.0. The molecule has 4 aromatic rings. The van der Waals surface area contributed by atoms with Crippen molar-refractivity contribution in [2.75, 3.05) is 13.7 Å². The molecular formula is C23H24N4O3. The van der Waals surface area contributed by atoms with Crippen molar-refractivity contribution in [3.8, 4) is 5.75 Å². The van der Waals surface area contributed by atoms with Crippen LogP contribution >= 0.6 is 0 Å². The van der Waals surface area contributed by atoms with E-state index in [1.165, 1.54) is 4.68 Å². The Bertz CT molecular complexity index is 1290. The molecule has 0 spiro atoms. The van der Waals surface area contributed by atoms with E-state index in [1.54, 1.807) is 20.4 Å². The van der Waals surface area contributed by atoms with Crippen molar-refractivity contribution in [3.05, 3.63) is 70.6 Å². The lowest BCUT2D eigenvalue weighted by Gasteiger charge is -2.16. The van der Waals surface area contributed by atoms with Gasteiger partial charge in [-0.2, -0.15) is 5.10 Å². The van der Waals surface area contributed by atoms with Crippen molar-refractivity contribution < 1.29 is 9.53 Å². The molecule has 7 heteroatoms. The second-order valence-electron chi connectivity index (χ2n) is 7.29. The maximum Gasteiger partial charge on any atom is 0.291 e. The molecule has 0 saturated carbocycles. The molecule has 4 rings (SSSR count). The fourth-order valence-corrected chi connectivity index (χ4v) is 3.81. The van der Waals surface area contributed by atoms with Crippen molar-refractivity contribution in [2.24, 2.45) is 7.05 Å². The Morgan fingerprint density at radius 1 is 1.17 bits per heavy atom. The summed E-state index contributed by atoms with van der Waals surface area (Å²) in [7, 11) is 3.25. The van der Waals surface area contributed by atoms with Crippen molar-refractivity contribution in [1.82, 2.24) is 19.7 Å². The third-order valence-electron chi connectivity index (χ3n) is 5.42. The number of para-hydroxylation sites is 1. The molecule has 30 heavy (non-hydrogen) atoms. The predicted octanol–water partition coefficient (Wildman–Crippen LogP) is 2.82. The molecule has 0 aliphatic heterocycles. The number of benzene rings is 2. The first-order chi connectivity index (χ1) is 14.5. The van der Waals surface area contributed by atoms with Gasteiger partial charge < -0.3 is 14.6 Å². The highest BCUT2D eigenvalue weighted by Crippen LogP contribution is 2.29. The van der Waals surface area contributed by atoms with E-state index >= 15 is 0 Å². The molecular weight excluding hydrogens is 380 g/mol. The van der Waals surface area contributed by atoms with Gasteiger partial charge >= 0.3 is 0 Å². The van der Waals surface area contributed by atoms with Gasteiger partial charge in [0.25, 0.3) is 5.56 Å². The average Bonchev–Trinajstić information content (AvgIpc) is 3.11. The Balaban J connectivity index is 1.62. The summed E-state index contributed by atoms with van der Waals surface area (Å²) in [5.74, 6) is 0.654. The first-order valence-corrected chi connectivity index (χ1v) is 9.87. The summed E-state index contributed by atoms with van der Waals surface area (Å²) in [6.45, 7) is 2.31. The Hall–Kier alpha value is -3.61. The predicted molar refractivity (Wildman–Crippen MR) is 117 cm³/mol. The van der Waals surface area contributed by atoms with E-state index in [-0.39, 0.29) is 11.5 Å². The molecule has 154 valence electrons. The van der Waals surface area contributed by atoms with Gasteiger partial charge in [0.2, 0.25) is 5.91 Å². The van der Waals surface area contributed by atoms with Crippen molar-refractivity contribution in [3.63, 3.8) is 0 Å². The molecule has 0 saturated heterocycles. The van der Waals surface area contributed by atoms with Crippen LogP contribution in [0.5, 0.6) is 5.75 Å². The van der Waals surface area contributed by atoms with E-state index in [2.05, 4.69) is 10.4 Å². The minimum absolute atomic E-state index is 0.139. The summed E-state index contributed by atoms with van der Waals surface area (Å²) in [5, 5.41) is 8.81. The number of methoxy groups -OCH3 is 1. The third-order valence-corrected chi connectivity index (χ3v) is 5.42. The van der Waals surface area contributed by atoms with E-state index < -0.39 is 6.04 Å². The third kappa shape index (κ3) is 3.43. The quantitative estimate of drug-likeness (QED) is 0.536. The largest absolute Gasteiger partial charge is 0.497 e. The number of hydrogen-bond acceptors (Lipinski definition) is 4. The summed E-state index contributed by atoms with van der Waals surface area (Å²) in [4.78, 5) is 25.8. The first kappa shape index (κ1) is 19.7. The summed E-state index contributed by atoms with van der Waals surface area (Å²) in [6.07, 6.45) is 2.37. The van der Waals surface area contributed by atoms with Crippen molar-refractivity contribution >= 4 is 27.7 Å². The fourth-order valence-electron chi connectivity index (χ4n) is 3.81. The standard InChI is InChI=1S/C23H24N4O3/c1-15(22(28)24-12-11-16-7-6-8-17(13-16)30-3)27-20-10-5-4-9-18(20)19-14-25-26(2)23(29)21(19)27/h4-10,13-15H,11-12H2,1-3H3,(H,24,28)/t15-/m1/s1. The molecule has 7 nitrogen and oxygen atoms in total. The van der Waals surface area contributed by atoms with E-state index in [0.29, 0.717) is 18.5 Å². The molecule has 0 unspecified atom stereocenters. The molecule has 0 fully saturated rings. The minimum atomic E-state index is -0.548. The zero-order chi connectivity index (χ0) is 21.3. The molecule has 0 aliphatic rings. The SMILES string of the molecule is COc1cccc(CCNC(=O)[C@@H](C)n2c3ccccc3c3cnn(C)c(=O)c32)c1. The maximum absolute atomic E-state index is 13.0. The highest BCUT2D eigenvalue weighted by molar-refractivity contribution is 6.08. The number of carbonyl (C=O) groups excluding carboxylic acids is 1. The van der Waals surface area contributed by atoms with Crippen molar-refractivity contribution in [1.29, 1.82) is 0 Å². The van der Waals surface area contributed by atoms with Crippen LogP contribution in [0, 0.1) is 0 Å². The van der Waals surface area contributed by atoms with Gasteiger partial charge in [-0.1, -0.05) is 30.3 Å². The molecule has 0 radical (unpaired) electrons. The summed E-state index contributed by atoms with van der Waals surface area (Å²) < 4.78 is 8.36. The Labute approximate surface area is 173 Å². The Kier molecular flexibility index (Phi) is 5.27. The molecule has 2 aromatic heterocycles. The summed E-state index contributed by atoms with van der Waals surface area (Å²) in [6, 6.07) is 14.9. The van der Waals surface area contributed by atoms with Crippen LogP contribution < -0.4 is 15.6 Å².